The average molecular weight is 315 g/mol. The van der Waals surface area contributed by atoms with E-state index >= 15 is 0 Å². The van der Waals surface area contributed by atoms with Gasteiger partial charge in [0.25, 0.3) is 0 Å². The Kier molecular flexibility index (Phi) is 6.30. The van der Waals surface area contributed by atoms with Gasteiger partial charge in [0, 0.05) is 13.1 Å². The Labute approximate surface area is 131 Å². The molecule has 0 radical (unpaired) electrons. The van der Waals surface area contributed by atoms with Crippen LogP contribution in [0.3, 0.4) is 0 Å². The fourth-order valence-electron chi connectivity index (χ4n) is 2.40. The van der Waals surface area contributed by atoms with E-state index < -0.39 is 0 Å². The second kappa shape index (κ2) is 7.52. The predicted molar refractivity (Wildman–Crippen MR) is 84.2 cm³/mol. The minimum absolute atomic E-state index is 0. The van der Waals surface area contributed by atoms with Crippen molar-refractivity contribution in [3.63, 3.8) is 0 Å². The van der Waals surface area contributed by atoms with Crippen LogP contribution in [0, 0.1) is 5.41 Å². The van der Waals surface area contributed by atoms with Crippen molar-refractivity contribution in [3.8, 4) is 11.5 Å². The third-order valence-electron chi connectivity index (χ3n) is 3.82. The topological polar surface area (TPSA) is 59.6 Å². The maximum Gasteiger partial charge on any atom is 0.227 e. The van der Waals surface area contributed by atoms with Gasteiger partial charge in [-0.1, -0.05) is 6.07 Å². The number of nitrogens with one attached hydrogen (secondary N) is 2. The highest BCUT2D eigenvalue weighted by Gasteiger charge is 2.35. The molecule has 2 N–H and O–H groups in total. The number of methoxy groups -OCH3 is 2. The summed E-state index contributed by atoms with van der Waals surface area (Å²) in [6, 6.07) is 5.66. The van der Waals surface area contributed by atoms with Gasteiger partial charge in [-0.05, 0) is 37.6 Å². The molecule has 6 heteroatoms. The van der Waals surface area contributed by atoms with Crippen LogP contribution in [0.25, 0.3) is 0 Å². The Morgan fingerprint density at radius 1 is 1.33 bits per heavy atom. The van der Waals surface area contributed by atoms with E-state index in [-0.39, 0.29) is 23.7 Å². The quantitative estimate of drug-likeness (QED) is 0.869. The van der Waals surface area contributed by atoms with Gasteiger partial charge in [-0.3, -0.25) is 4.79 Å². The minimum Gasteiger partial charge on any atom is -0.493 e. The highest BCUT2D eigenvalue weighted by Crippen LogP contribution is 2.28. The lowest BCUT2D eigenvalue weighted by molar-refractivity contribution is -0.129. The zero-order chi connectivity index (χ0) is 14.6. The first-order chi connectivity index (χ1) is 9.59. The Bertz CT molecular complexity index is 488. The first-order valence-corrected chi connectivity index (χ1v) is 6.79. The molecule has 118 valence electrons. The second-order valence-corrected chi connectivity index (χ2v) is 5.36. The Hall–Kier alpha value is -1.46. The van der Waals surface area contributed by atoms with E-state index in [1.54, 1.807) is 14.2 Å². The first-order valence-electron chi connectivity index (χ1n) is 6.79. The number of hydrogen-bond acceptors (Lipinski definition) is 4. The molecule has 1 saturated heterocycles. The largest absolute Gasteiger partial charge is 0.493 e. The van der Waals surface area contributed by atoms with E-state index in [4.69, 9.17) is 9.47 Å². The smallest absolute Gasteiger partial charge is 0.227 e. The van der Waals surface area contributed by atoms with Crippen molar-refractivity contribution in [1.82, 2.24) is 10.6 Å². The fourth-order valence-corrected chi connectivity index (χ4v) is 2.40. The summed E-state index contributed by atoms with van der Waals surface area (Å²) >= 11 is 0. The van der Waals surface area contributed by atoms with Gasteiger partial charge in [-0.15, -0.1) is 12.4 Å². The number of carbonyl (C=O) groups is 1. The molecule has 1 unspecified atom stereocenters. The lowest BCUT2D eigenvalue weighted by Gasteiger charge is -2.21. The molecule has 1 aliphatic heterocycles. The number of halogens is 1. The predicted octanol–water partition coefficient (Wildman–Crippen LogP) is 1.74. The number of carbonyl (C=O) groups excluding carboxylic acids is 1. The zero-order valence-corrected chi connectivity index (χ0v) is 13.5. The molecule has 1 heterocycles. The average Bonchev–Trinajstić information content (AvgIpc) is 2.92. The van der Waals surface area contributed by atoms with E-state index in [0.717, 1.165) is 25.1 Å². The second-order valence-electron chi connectivity index (χ2n) is 5.36. The van der Waals surface area contributed by atoms with Gasteiger partial charge >= 0.3 is 0 Å². The summed E-state index contributed by atoms with van der Waals surface area (Å²) in [5.41, 5.74) is 0.696. The van der Waals surface area contributed by atoms with Crippen LogP contribution >= 0.6 is 12.4 Å². The highest BCUT2D eigenvalue weighted by atomic mass is 35.5. The number of amides is 1. The molecule has 21 heavy (non-hydrogen) atoms. The van der Waals surface area contributed by atoms with Crippen molar-refractivity contribution in [2.24, 2.45) is 5.41 Å². The molecule has 0 bridgehead atoms. The van der Waals surface area contributed by atoms with Gasteiger partial charge in [0.05, 0.1) is 19.6 Å². The number of hydrogen-bond donors (Lipinski definition) is 2. The van der Waals surface area contributed by atoms with Crippen LogP contribution in [-0.4, -0.2) is 33.2 Å². The normalized spacial score (nSPS) is 20.5. The molecular formula is C15H23ClN2O3. The van der Waals surface area contributed by atoms with E-state index in [9.17, 15) is 4.79 Å². The van der Waals surface area contributed by atoms with Crippen molar-refractivity contribution in [3.05, 3.63) is 23.8 Å². The molecule has 1 aliphatic rings. The van der Waals surface area contributed by atoms with Crippen LogP contribution in [0.1, 0.15) is 18.9 Å². The van der Waals surface area contributed by atoms with Crippen LogP contribution < -0.4 is 20.1 Å². The van der Waals surface area contributed by atoms with Gasteiger partial charge in [0.15, 0.2) is 11.5 Å². The monoisotopic (exact) mass is 314 g/mol. The summed E-state index contributed by atoms with van der Waals surface area (Å²) in [6.45, 7) is 4.14. The highest BCUT2D eigenvalue weighted by molar-refractivity contribution is 5.85. The molecule has 0 spiro atoms. The van der Waals surface area contributed by atoms with Gasteiger partial charge in [-0.25, -0.2) is 0 Å². The maximum absolute atomic E-state index is 12.2. The molecule has 1 aromatic rings. The van der Waals surface area contributed by atoms with Crippen molar-refractivity contribution >= 4 is 18.3 Å². The number of rotatable bonds is 5. The van der Waals surface area contributed by atoms with Crippen LogP contribution in [0.5, 0.6) is 11.5 Å². The fraction of sp³-hybridized carbons (Fsp3) is 0.533. The molecule has 2 rings (SSSR count). The first kappa shape index (κ1) is 17.6. The third-order valence-corrected chi connectivity index (χ3v) is 3.82. The summed E-state index contributed by atoms with van der Waals surface area (Å²) < 4.78 is 10.4. The van der Waals surface area contributed by atoms with Crippen LogP contribution in [0.15, 0.2) is 18.2 Å². The number of benzene rings is 1. The van der Waals surface area contributed by atoms with Gasteiger partial charge in [-0.2, -0.15) is 0 Å². The number of ether oxygens (including phenoxy) is 2. The lowest BCUT2D eigenvalue weighted by Crippen LogP contribution is -2.40. The third kappa shape index (κ3) is 4.02. The molecule has 0 saturated carbocycles. The Morgan fingerprint density at radius 3 is 2.62 bits per heavy atom. The lowest BCUT2D eigenvalue weighted by atomic mass is 9.89. The molecule has 5 nitrogen and oxygen atoms in total. The van der Waals surface area contributed by atoms with Crippen molar-refractivity contribution in [2.75, 3.05) is 27.3 Å². The SMILES string of the molecule is COc1ccc(CNC(=O)C2(C)CCNC2)cc1OC.Cl. The maximum atomic E-state index is 12.2. The molecule has 1 aromatic carbocycles. The molecule has 1 amide bonds. The minimum atomic E-state index is -0.295. The van der Waals surface area contributed by atoms with Crippen molar-refractivity contribution in [2.45, 2.75) is 19.9 Å². The van der Waals surface area contributed by atoms with Crippen LogP contribution in [0.2, 0.25) is 0 Å². The van der Waals surface area contributed by atoms with Gasteiger partial charge in [0.2, 0.25) is 5.91 Å². The molecule has 1 fully saturated rings. The summed E-state index contributed by atoms with van der Waals surface area (Å²) in [6.07, 6.45) is 0.880. The Morgan fingerprint density at radius 2 is 2.05 bits per heavy atom. The van der Waals surface area contributed by atoms with Crippen molar-refractivity contribution < 1.29 is 14.3 Å². The molecule has 1 atom stereocenters. The van der Waals surface area contributed by atoms with E-state index in [2.05, 4.69) is 10.6 Å². The molecule has 0 aromatic heterocycles. The molecular weight excluding hydrogens is 292 g/mol. The summed E-state index contributed by atoms with van der Waals surface area (Å²) in [7, 11) is 3.21. The molecule has 0 aliphatic carbocycles. The summed E-state index contributed by atoms with van der Waals surface area (Å²) in [4.78, 5) is 12.2. The summed E-state index contributed by atoms with van der Waals surface area (Å²) in [5.74, 6) is 1.46. The van der Waals surface area contributed by atoms with E-state index in [0.29, 0.717) is 18.0 Å². The van der Waals surface area contributed by atoms with Crippen molar-refractivity contribution in [1.29, 1.82) is 0 Å². The standard InChI is InChI=1S/C15H22N2O3.ClH/c1-15(6-7-16-10-15)14(18)17-9-11-4-5-12(19-2)13(8-11)20-3;/h4-5,8,16H,6-7,9-10H2,1-3H3,(H,17,18);1H. The van der Waals surface area contributed by atoms with E-state index in [1.807, 2.05) is 25.1 Å². The van der Waals surface area contributed by atoms with Gasteiger partial charge in [0.1, 0.15) is 0 Å². The Balaban J connectivity index is 0.00000220. The van der Waals surface area contributed by atoms with Gasteiger partial charge < -0.3 is 20.1 Å². The summed E-state index contributed by atoms with van der Waals surface area (Å²) in [5, 5.41) is 6.22. The van der Waals surface area contributed by atoms with E-state index in [1.165, 1.54) is 0 Å². The zero-order valence-electron chi connectivity index (χ0n) is 12.7. The van der Waals surface area contributed by atoms with Crippen LogP contribution in [0.4, 0.5) is 0 Å². The van der Waals surface area contributed by atoms with Crippen LogP contribution in [-0.2, 0) is 11.3 Å².